The molecule has 0 amide bonds. The highest BCUT2D eigenvalue weighted by Crippen LogP contribution is 2.30. The highest BCUT2D eigenvalue weighted by atomic mass is 16.5. The van der Waals surface area contributed by atoms with Gasteiger partial charge in [0.15, 0.2) is 0 Å². The molecule has 0 saturated carbocycles. The number of nitrogens with zero attached hydrogens (tertiary/aromatic N) is 5. The number of anilines is 1. The van der Waals surface area contributed by atoms with Crippen LogP contribution in [0.15, 0.2) is 12.3 Å². The molecule has 2 aromatic rings. The second kappa shape index (κ2) is 7.72. The van der Waals surface area contributed by atoms with E-state index in [1.807, 2.05) is 20.0 Å². The average Bonchev–Trinajstić information content (AvgIpc) is 3.10. The van der Waals surface area contributed by atoms with E-state index in [1.165, 1.54) is 24.1 Å². The summed E-state index contributed by atoms with van der Waals surface area (Å²) in [4.78, 5) is 13.9. The molecule has 0 bridgehead atoms. The van der Waals surface area contributed by atoms with E-state index in [2.05, 4.69) is 36.0 Å². The molecule has 7 heteroatoms. The standard InChI is InChI=1S/C19H28N6O/c1-14-10-18(22-15(2)21-14)25-5-3-4-16(13-25)19-17(11-20-23-19)12-24-6-8-26-9-7-24/h10-11,16H,3-9,12-13H2,1-2H3,(H,20,23). The van der Waals surface area contributed by atoms with E-state index in [-0.39, 0.29) is 0 Å². The van der Waals surface area contributed by atoms with E-state index >= 15 is 0 Å². The number of hydrogen-bond donors (Lipinski definition) is 1. The van der Waals surface area contributed by atoms with Gasteiger partial charge in [-0.05, 0) is 26.7 Å². The highest BCUT2D eigenvalue weighted by Gasteiger charge is 2.26. The van der Waals surface area contributed by atoms with Crippen molar-refractivity contribution >= 4 is 5.82 Å². The van der Waals surface area contributed by atoms with Gasteiger partial charge in [0, 0.05) is 61.7 Å². The molecule has 2 aliphatic rings. The van der Waals surface area contributed by atoms with Crippen molar-refractivity contribution in [1.82, 2.24) is 25.1 Å². The van der Waals surface area contributed by atoms with Gasteiger partial charge in [-0.25, -0.2) is 9.97 Å². The summed E-state index contributed by atoms with van der Waals surface area (Å²) < 4.78 is 5.46. The zero-order valence-electron chi connectivity index (χ0n) is 15.7. The number of aromatic amines is 1. The number of piperidine rings is 1. The van der Waals surface area contributed by atoms with Crippen LogP contribution in [0.5, 0.6) is 0 Å². The predicted octanol–water partition coefficient (Wildman–Crippen LogP) is 2.03. The number of rotatable bonds is 4. The van der Waals surface area contributed by atoms with Crippen molar-refractivity contribution in [2.24, 2.45) is 0 Å². The summed E-state index contributed by atoms with van der Waals surface area (Å²) in [6.45, 7) is 10.7. The molecule has 7 nitrogen and oxygen atoms in total. The molecule has 140 valence electrons. The van der Waals surface area contributed by atoms with Crippen LogP contribution in [-0.4, -0.2) is 64.5 Å². The van der Waals surface area contributed by atoms with E-state index in [1.54, 1.807) is 0 Å². The van der Waals surface area contributed by atoms with Crippen molar-refractivity contribution in [3.63, 3.8) is 0 Å². The Kier molecular flexibility index (Phi) is 5.17. The van der Waals surface area contributed by atoms with Crippen LogP contribution in [0.2, 0.25) is 0 Å². The smallest absolute Gasteiger partial charge is 0.132 e. The number of hydrogen-bond acceptors (Lipinski definition) is 6. The monoisotopic (exact) mass is 356 g/mol. The van der Waals surface area contributed by atoms with E-state index in [0.717, 1.165) is 63.3 Å². The highest BCUT2D eigenvalue weighted by molar-refractivity contribution is 5.41. The first-order valence-corrected chi connectivity index (χ1v) is 9.58. The minimum absolute atomic E-state index is 0.470. The maximum atomic E-state index is 5.46. The van der Waals surface area contributed by atoms with Gasteiger partial charge in [-0.3, -0.25) is 10.00 Å². The van der Waals surface area contributed by atoms with Gasteiger partial charge >= 0.3 is 0 Å². The Morgan fingerprint density at radius 1 is 1.19 bits per heavy atom. The van der Waals surface area contributed by atoms with Crippen molar-refractivity contribution in [1.29, 1.82) is 0 Å². The maximum absolute atomic E-state index is 5.46. The summed E-state index contributed by atoms with van der Waals surface area (Å²) in [7, 11) is 0. The summed E-state index contributed by atoms with van der Waals surface area (Å²) in [5.41, 5.74) is 3.65. The molecule has 0 aliphatic carbocycles. The SMILES string of the molecule is Cc1cc(N2CCCC(c3[nH]ncc3CN3CCOCC3)C2)nc(C)n1. The normalized spacial score (nSPS) is 21.9. The maximum Gasteiger partial charge on any atom is 0.132 e. The van der Waals surface area contributed by atoms with Crippen LogP contribution in [0, 0.1) is 13.8 Å². The Balaban J connectivity index is 1.48. The van der Waals surface area contributed by atoms with Crippen molar-refractivity contribution < 1.29 is 4.74 Å². The zero-order chi connectivity index (χ0) is 17.9. The second-order valence-corrected chi connectivity index (χ2v) is 7.40. The molecule has 26 heavy (non-hydrogen) atoms. The van der Waals surface area contributed by atoms with Crippen molar-refractivity contribution in [2.75, 3.05) is 44.3 Å². The number of H-pyrrole nitrogens is 1. The summed E-state index contributed by atoms with van der Waals surface area (Å²) in [6, 6.07) is 2.09. The molecule has 2 saturated heterocycles. The number of morpholine rings is 1. The Morgan fingerprint density at radius 3 is 2.85 bits per heavy atom. The fraction of sp³-hybridized carbons (Fsp3) is 0.632. The lowest BCUT2D eigenvalue weighted by atomic mass is 9.92. The Bertz CT molecular complexity index is 719. The molecular weight excluding hydrogens is 328 g/mol. The van der Waals surface area contributed by atoms with Gasteiger partial charge in [0.2, 0.25) is 0 Å². The van der Waals surface area contributed by atoms with Gasteiger partial charge in [0.25, 0.3) is 0 Å². The average molecular weight is 356 g/mol. The molecule has 2 fully saturated rings. The van der Waals surface area contributed by atoms with Crippen LogP contribution in [0.4, 0.5) is 5.82 Å². The van der Waals surface area contributed by atoms with Crippen LogP contribution in [0.25, 0.3) is 0 Å². The molecule has 2 aromatic heterocycles. The first-order valence-electron chi connectivity index (χ1n) is 9.58. The van der Waals surface area contributed by atoms with Gasteiger partial charge in [-0.15, -0.1) is 0 Å². The summed E-state index contributed by atoms with van der Waals surface area (Å²) >= 11 is 0. The first kappa shape index (κ1) is 17.4. The molecule has 0 aromatic carbocycles. The predicted molar refractivity (Wildman–Crippen MR) is 100 cm³/mol. The van der Waals surface area contributed by atoms with Crippen LogP contribution < -0.4 is 4.90 Å². The Labute approximate surface area is 154 Å². The lowest BCUT2D eigenvalue weighted by Crippen LogP contribution is -2.37. The molecule has 0 radical (unpaired) electrons. The number of nitrogens with one attached hydrogen (secondary N) is 1. The van der Waals surface area contributed by atoms with Crippen LogP contribution in [0.3, 0.4) is 0 Å². The van der Waals surface area contributed by atoms with Crippen LogP contribution >= 0.6 is 0 Å². The van der Waals surface area contributed by atoms with Gasteiger partial charge in [-0.2, -0.15) is 5.10 Å². The summed E-state index contributed by atoms with van der Waals surface area (Å²) in [5, 5.41) is 7.65. The van der Waals surface area contributed by atoms with Crippen molar-refractivity contribution in [2.45, 2.75) is 39.2 Å². The van der Waals surface area contributed by atoms with E-state index in [0.29, 0.717) is 5.92 Å². The van der Waals surface area contributed by atoms with Gasteiger partial charge in [-0.1, -0.05) is 0 Å². The fourth-order valence-corrected chi connectivity index (χ4v) is 4.08. The molecule has 4 rings (SSSR count). The second-order valence-electron chi connectivity index (χ2n) is 7.40. The fourth-order valence-electron chi connectivity index (χ4n) is 4.08. The zero-order valence-corrected chi connectivity index (χ0v) is 15.7. The first-order chi connectivity index (χ1) is 12.7. The molecule has 0 spiro atoms. The largest absolute Gasteiger partial charge is 0.379 e. The minimum atomic E-state index is 0.470. The van der Waals surface area contributed by atoms with Gasteiger partial charge < -0.3 is 9.64 Å². The third-order valence-electron chi connectivity index (χ3n) is 5.36. The van der Waals surface area contributed by atoms with Crippen molar-refractivity contribution in [3.05, 3.63) is 35.0 Å². The third-order valence-corrected chi connectivity index (χ3v) is 5.36. The molecular formula is C19H28N6O. The Hall–Kier alpha value is -1.99. The summed E-state index contributed by atoms with van der Waals surface area (Å²) in [5.74, 6) is 2.36. The lowest BCUT2D eigenvalue weighted by Gasteiger charge is -2.34. The van der Waals surface area contributed by atoms with Gasteiger partial charge in [0.1, 0.15) is 11.6 Å². The molecule has 4 heterocycles. The van der Waals surface area contributed by atoms with Crippen LogP contribution in [-0.2, 0) is 11.3 Å². The van der Waals surface area contributed by atoms with Crippen molar-refractivity contribution in [3.8, 4) is 0 Å². The number of ether oxygens (including phenoxy) is 1. The third kappa shape index (κ3) is 3.88. The van der Waals surface area contributed by atoms with Crippen LogP contribution in [0.1, 0.15) is 41.5 Å². The van der Waals surface area contributed by atoms with E-state index < -0.39 is 0 Å². The number of aromatic nitrogens is 4. The number of aryl methyl sites for hydroxylation is 2. The minimum Gasteiger partial charge on any atom is -0.379 e. The van der Waals surface area contributed by atoms with E-state index in [9.17, 15) is 0 Å². The van der Waals surface area contributed by atoms with Gasteiger partial charge in [0.05, 0.1) is 19.4 Å². The molecule has 2 aliphatic heterocycles. The molecule has 1 atom stereocenters. The summed E-state index contributed by atoms with van der Waals surface area (Å²) in [6.07, 6.45) is 4.36. The quantitative estimate of drug-likeness (QED) is 0.904. The lowest BCUT2D eigenvalue weighted by molar-refractivity contribution is 0.0340. The van der Waals surface area contributed by atoms with E-state index in [4.69, 9.17) is 4.74 Å². The molecule has 1 unspecified atom stereocenters. The Morgan fingerprint density at radius 2 is 2.04 bits per heavy atom. The molecule has 1 N–H and O–H groups in total. The topological polar surface area (TPSA) is 70.2 Å².